The number of nitrogens with zero attached hydrogens (tertiary/aromatic N) is 6. The van der Waals surface area contributed by atoms with Gasteiger partial charge in [0.05, 0.1) is 0 Å². The minimum Gasteiger partial charge on any atom is -0.448 e. The van der Waals surface area contributed by atoms with Gasteiger partial charge >= 0.3 is 0 Å². The van der Waals surface area contributed by atoms with Crippen molar-refractivity contribution >= 4 is 37.7 Å². The third-order valence-electron chi connectivity index (χ3n) is 12.4. The highest BCUT2D eigenvalue weighted by Crippen LogP contribution is 2.25. The fourth-order valence-corrected chi connectivity index (χ4v) is 8.33. The monoisotopic (exact) mass is 1130 g/mol. The zero-order chi connectivity index (χ0) is 60.4. The molecule has 6 atom stereocenters. The minimum atomic E-state index is 0.177. The number of aldehydes is 6. The maximum Gasteiger partial charge on any atom is 0.197 e. The van der Waals surface area contributed by atoms with E-state index in [1.165, 1.54) is 48.7 Å². The molecule has 82 heavy (non-hydrogen) atoms. The van der Waals surface area contributed by atoms with Gasteiger partial charge in [0, 0.05) is 35.5 Å². The van der Waals surface area contributed by atoms with Crippen molar-refractivity contribution in [1.29, 1.82) is 0 Å². The molecule has 8 aromatic rings. The average molecular weight is 1130 g/mol. The first-order valence-corrected chi connectivity index (χ1v) is 27.9. The van der Waals surface area contributed by atoms with Crippen LogP contribution in [0.2, 0.25) is 0 Å². The van der Waals surface area contributed by atoms with Gasteiger partial charge in [-0.05, 0) is 61.5 Å². The first kappa shape index (κ1) is 68.0. The number of oxazole rings is 6. The lowest BCUT2D eigenvalue weighted by Crippen LogP contribution is -1.99. The standard InChI is InChI=1S/2C13H13NO2.2C10H15NO2.2C9H13NO2/c2*1-10(7-11-5-3-2-4-6-11)13-14-12(8-15)9-16-13;2*1-7(2)4-8(3)10-11-9(5-12)6-13-10;2*1-3-4-7(2)9-10-8(5-11)6-12-9/h2*2-6,8-10H,7H2,1H3;2*5-8H,4H2,1-3H3;2*5-7H,3-4H2,1-2H3/t2*10-;2*8-;2*7-/m101010/s1. The number of hydrogen-bond acceptors (Lipinski definition) is 18. The normalized spacial score (nSPS) is 12.8. The fourth-order valence-electron chi connectivity index (χ4n) is 8.33. The van der Waals surface area contributed by atoms with Crippen molar-refractivity contribution in [1.82, 2.24) is 29.9 Å². The van der Waals surface area contributed by atoms with E-state index in [4.69, 9.17) is 26.5 Å². The Morgan fingerprint density at radius 1 is 0.329 bits per heavy atom. The lowest BCUT2D eigenvalue weighted by Gasteiger charge is -2.09. The molecule has 0 bridgehead atoms. The summed E-state index contributed by atoms with van der Waals surface area (Å²) < 4.78 is 31.1. The van der Waals surface area contributed by atoms with E-state index in [1.54, 1.807) is 0 Å². The first-order valence-electron chi connectivity index (χ1n) is 27.9. The Morgan fingerprint density at radius 3 is 0.744 bits per heavy atom. The van der Waals surface area contributed by atoms with Crippen LogP contribution < -0.4 is 0 Å². The van der Waals surface area contributed by atoms with Crippen molar-refractivity contribution in [3.05, 3.63) is 179 Å². The van der Waals surface area contributed by atoms with Crippen LogP contribution in [0.25, 0.3) is 0 Å². The Balaban J connectivity index is 0.000000259. The summed E-state index contributed by atoms with van der Waals surface area (Å²) in [4.78, 5) is 86.5. The van der Waals surface area contributed by atoms with Crippen LogP contribution in [0.1, 0.15) is 267 Å². The molecule has 0 amide bonds. The summed E-state index contributed by atoms with van der Waals surface area (Å²) in [5.74, 6) is 6.66. The molecule has 0 radical (unpaired) electrons. The van der Waals surface area contributed by atoms with Gasteiger partial charge in [0.25, 0.3) is 0 Å². The number of carbonyl (C=O) groups excluding carboxylic acids is 6. The maximum atomic E-state index is 10.5. The van der Waals surface area contributed by atoms with Gasteiger partial charge in [-0.2, -0.15) is 0 Å². The number of hydrogen-bond donors (Lipinski definition) is 0. The smallest absolute Gasteiger partial charge is 0.197 e. The van der Waals surface area contributed by atoms with Crippen LogP contribution in [0.15, 0.2) is 125 Å². The molecular formula is C64H82N6O12. The molecular weight excluding hydrogens is 1040 g/mol. The van der Waals surface area contributed by atoms with Gasteiger partial charge in [0.1, 0.15) is 71.7 Å². The van der Waals surface area contributed by atoms with Crippen LogP contribution in [-0.4, -0.2) is 67.6 Å². The largest absolute Gasteiger partial charge is 0.448 e. The van der Waals surface area contributed by atoms with Crippen LogP contribution >= 0.6 is 0 Å². The summed E-state index contributed by atoms with van der Waals surface area (Å²) in [6, 6.07) is 20.3. The van der Waals surface area contributed by atoms with Crippen LogP contribution in [-0.2, 0) is 12.8 Å². The molecule has 0 N–H and O–H groups in total. The summed E-state index contributed by atoms with van der Waals surface area (Å²) in [6.45, 7) is 25.1. The Morgan fingerprint density at radius 2 is 0.549 bits per heavy atom. The van der Waals surface area contributed by atoms with E-state index < -0.39 is 0 Å². The van der Waals surface area contributed by atoms with E-state index in [-0.39, 0.29) is 23.7 Å². The lowest BCUT2D eigenvalue weighted by atomic mass is 9.99. The van der Waals surface area contributed by atoms with E-state index in [1.807, 2.05) is 64.1 Å². The molecule has 440 valence electrons. The van der Waals surface area contributed by atoms with E-state index >= 15 is 0 Å². The molecule has 0 fully saturated rings. The highest BCUT2D eigenvalue weighted by Gasteiger charge is 2.17. The minimum absolute atomic E-state index is 0.177. The van der Waals surface area contributed by atoms with Gasteiger partial charge in [0.2, 0.25) is 0 Å². The lowest BCUT2D eigenvalue weighted by molar-refractivity contribution is 0.111. The summed E-state index contributed by atoms with van der Waals surface area (Å²) in [7, 11) is 0. The van der Waals surface area contributed by atoms with Gasteiger partial charge in [-0.15, -0.1) is 0 Å². The fraction of sp³-hybridized carbons (Fsp3) is 0.438. The maximum absolute atomic E-state index is 10.5. The van der Waals surface area contributed by atoms with Gasteiger partial charge in [-0.1, -0.05) is 157 Å². The second kappa shape index (κ2) is 37.6. The number of aromatic nitrogens is 6. The zero-order valence-corrected chi connectivity index (χ0v) is 49.6. The van der Waals surface area contributed by atoms with Crippen LogP contribution in [0.4, 0.5) is 0 Å². The van der Waals surface area contributed by atoms with E-state index in [2.05, 4.69) is 110 Å². The van der Waals surface area contributed by atoms with Crippen molar-refractivity contribution in [3.63, 3.8) is 0 Å². The van der Waals surface area contributed by atoms with E-state index in [0.29, 0.717) is 131 Å². The Labute approximate surface area is 481 Å². The van der Waals surface area contributed by atoms with Crippen molar-refractivity contribution < 1.29 is 55.3 Å². The molecule has 18 heteroatoms. The Bertz CT molecular complexity index is 2820. The van der Waals surface area contributed by atoms with Crippen molar-refractivity contribution in [2.45, 2.75) is 170 Å². The second-order valence-electron chi connectivity index (χ2n) is 21.0. The summed E-state index contributed by atoms with van der Waals surface area (Å²) >= 11 is 0. The Kier molecular flexibility index (Phi) is 31.2. The molecule has 0 aliphatic rings. The van der Waals surface area contributed by atoms with Gasteiger partial charge in [-0.25, -0.2) is 29.9 Å². The first-order chi connectivity index (χ1) is 39.4. The van der Waals surface area contributed by atoms with Crippen LogP contribution in [0.5, 0.6) is 0 Å². The molecule has 2 aromatic carbocycles. The number of rotatable bonds is 24. The zero-order valence-electron chi connectivity index (χ0n) is 49.6. The highest BCUT2D eigenvalue weighted by atomic mass is 16.4. The predicted molar refractivity (Wildman–Crippen MR) is 311 cm³/mol. The van der Waals surface area contributed by atoms with E-state index in [9.17, 15) is 28.8 Å². The molecule has 0 aliphatic carbocycles. The molecule has 0 saturated heterocycles. The molecule has 0 spiro atoms. The Hall–Kier alpha value is -8.28. The van der Waals surface area contributed by atoms with Crippen molar-refractivity contribution in [2.75, 3.05) is 0 Å². The predicted octanol–water partition coefficient (Wildman–Crippen LogP) is 15.7. The summed E-state index contributed by atoms with van der Waals surface area (Å²) in [5.41, 5.74) is 4.71. The van der Waals surface area contributed by atoms with Crippen molar-refractivity contribution in [2.24, 2.45) is 11.8 Å². The van der Waals surface area contributed by atoms with Crippen molar-refractivity contribution in [3.8, 4) is 0 Å². The molecule has 0 unspecified atom stereocenters. The van der Waals surface area contributed by atoms with Crippen LogP contribution in [0.3, 0.4) is 0 Å². The summed E-state index contributed by atoms with van der Waals surface area (Å²) in [5, 5.41) is 0. The van der Waals surface area contributed by atoms with E-state index in [0.717, 1.165) is 51.4 Å². The SMILES string of the molecule is CC(C)C[C@@H](C)c1nc(C=O)co1.CC(C)C[C@H](C)c1nc(C=O)co1.CCC[C@@H](C)c1nc(C=O)co1.CCC[C@H](C)c1nc(C=O)co1.C[C@@H](Cc1ccccc1)c1nc(C=O)co1.C[C@H](Cc1ccccc1)c1nc(C=O)co1. The number of carbonyl (C=O) groups is 6. The molecule has 18 nitrogen and oxygen atoms in total. The molecule has 8 rings (SSSR count). The third-order valence-corrected chi connectivity index (χ3v) is 12.4. The summed E-state index contributed by atoms with van der Waals surface area (Å²) in [6.07, 6.45) is 20.6. The quantitative estimate of drug-likeness (QED) is 0.0509. The van der Waals surface area contributed by atoms with Gasteiger partial charge in [-0.3, -0.25) is 28.8 Å². The molecule has 0 saturated carbocycles. The topological polar surface area (TPSA) is 259 Å². The molecule has 0 aliphatic heterocycles. The second-order valence-corrected chi connectivity index (χ2v) is 21.0. The molecule has 6 aromatic heterocycles. The number of benzene rings is 2. The van der Waals surface area contributed by atoms with Crippen LogP contribution in [0, 0.1) is 11.8 Å². The third kappa shape index (κ3) is 25.0. The van der Waals surface area contributed by atoms with Gasteiger partial charge < -0.3 is 26.5 Å². The molecule has 6 heterocycles. The highest BCUT2D eigenvalue weighted by molar-refractivity contribution is 5.72. The average Bonchev–Trinajstić information content (AvgIpc) is 4.40. The van der Waals surface area contributed by atoms with Gasteiger partial charge in [0.15, 0.2) is 73.1 Å².